The molecule has 2 aromatic heterocycles. The molecule has 0 aliphatic heterocycles. The normalized spacial score (nSPS) is 11.0. The molecule has 0 atom stereocenters. The average molecular weight is 263 g/mol. The molecule has 1 aromatic carbocycles. The van der Waals surface area contributed by atoms with Crippen molar-refractivity contribution >= 4 is 11.9 Å². The van der Waals surface area contributed by atoms with Gasteiger partial charge in [-0.1, -0.05) is 0 Å². The van der Waals surface area contributed by atoms with Gasteiger partial charge in [0.15, 0.2) is 5.78 Å². The van der Waals surface area contributed by atoms with Crippen LogP contribution in [0, 0.1) is 0 Å². The molecule has 3 heteroatoms. The number of rotatable bonds is 4. The number of carbonyl (C=O) groups is 1. The highest BCUT2D eigenvalue weighted by molar-refractivity contribution is 6.06. The molecule has 3 rings (SSSR count). The molecule has 0 radical (unpaired) electrons. The molecule has 0 unspecified atom stereocenters. The lowest BCUT2D eigenvalue weighted by Crippen LogP contribution is -1.95. The minimum Gasteiger partial charge on any atom is -0.465 e. The van der Waals surface area contributed by atoms with E-state index < -0.39 is 0 Å². The minimum absolute atomic E-state index is 0.0412. The molecule has 0 aliphatic rings. The summed E-state index contributed by atoms with van der Waals surface area (Å²) in [6.07, 6.45) is 8.70. The van der Waals surface area contributed by atoms with Crippen molar-refractivity contribution in [3.63, 3.8) is 0 Å². The van der Waals surface area contributed by atoms with E-state index in [-0.39, 0.29) is 5.78 Å². The Labute approximate surface area is 116 Å². The van der Waals surface area contributed by atoms with Crippen molar-refractivity contribution in [2.45, 2.75) is 0 Å². The highest BCUT2D eigenvalue weighted by atomic mass is 16.3. The Balaban J connectivity index is 1.76. The number of ketones is 1. The third-order valence-corrected chi connectivity index (χ3v) is 3.00. The maximum atomic E-state index is 12.0. The van der Waals surface area contributed by atoms with Gasteiger partial charge in [-0.25, -0.2) is 0 Å². The van der Waals surface area contributed by atoms with E-state index >= 15 is 0 Å². The zero-order valence-electron chi connectivity index (χ0n) is 10.8. The van der Waals surface area contributed by atoms with E-state index in [1.807, 2.05) is 53.4 Å². The van der Waals surface area contributed by atoms with Gasteiger partial charge in [0.1, 0.15) is 5.76 Å². The summed E-state index contributed by atoms with van der Waals surface area (Å²) >= 11 is 0. The molecule has 0 aliphatic carbocycles. The number of benzene rings is 1. The van der Waals surface area contributed by atoms with E-state index in [1.165, 1.54) is 6.08 Å². The van der Waals surface area contributed by atoms with Gasteiger partial charge in [-0.2, -0.15) is 0 Å². The van der Waals surface area contributed by atoms with E-state index in [0.717, 1.165) is 5.69 Å². The number of nitrogens with zero attached hydrogens (tertiary/aromatic N) is 1. The summed E-state index contributed by atoms with van der Waals surface area (Å²) in [5, 5.41) is 0. The van der Waals surface area contributed by atoms with Crippen LogP contribution in [0.2, 0.25) is 0 Å². The summed E-state index contributed by atoms with van der Waals surface area (Å²) in [6.45, 7) is 0. The maximum absolute atomic E-state index is 12.0. The fourth-order valence-electron chi connectivity index (χ4n) is 1.94. The van der Waals surface area contributed by atoms with E-state index in [0.29, 0.717) is 11.3 Å². The van der Waals surface area contributed by atoms with Crippen LogP contribution in [0.3, 0.4) is 0 Å². The topological polar surface area (TPSA) is 35.1 Å². The quantitative estimate of drug-likeness (QED) is 0.527. The standard InChI is InChI=1S/C17H13NO2/c19-17(10-9-16-4-3-13-20-16)14-5-7-15(8-6-14)18-11-1-2-12-18/h1-13H/b10-9+. The molecule has 0 fully saturated rings. The summed E-state index contributed by atoms with van der Waals surface area (Å²) in [6, 6.07) is 15.0. The summed E-state index contributed by atoms with van der Waals surface area (Å²) in [7, 11) is 0. The second-order valence-electron chi connectivity index (χ2n) is 4.35. The van der Waals surface area contributed by atoms with Gasteiger partial charge in [0.25, 0.3) is 0 Å². The average Bonchev–Trinajstić information content (AvgIpc) is 3.18. The van der Waals surface area contributed by atoms with Crippen LogP contribution in [0.5, 0.6) is 0 Å². The summed E-state index contributed by atoms with van der Waals surface area (Å²) in [4.78, 5) is 12.0. The lowest BCUT2D eigenvalue weighted by Gasteiger charge is -2.03. The van der Waals surface area contributed by atoms with Gasteiger partial charge in [0.05, 0.1) is 6.26 Å². The number of allylic oxidation sites excluding steroid dienone is 1. The van der Waals surface area contributed by atoms with Crippen molar-refractivity contribution < 1.29 is 9.21 Å². The van der Waals surface area contributed by atoms with Crippen LogP contribution in [-0.4, -0.2) is 10.4 Å². The number of carbonyl (C=O) groups excluding carboxylic acids is 1. The summed E-state index contributed by atoms with van der Waals surface area (Å²) in [5.74, 6) is 0.628. The first-order valence-corrected chi connectivity index (χ1v) is 6.32. The molecule has 0 amide bonds. The van der Waals surface area contributed by atoms with Crippen molar-refractivity contribution in [2.24, 2.45) is 0 Å². The number of hydrogen-bond donors (Lipinski definition) is 0. The van der Waals surface area contributed by atoms with Crippen LogP contribution in [0.1, 0.15) is 16.1 Å². The van der Waals surface area contributed by atoms with Gasteiger partial charge in [0, 0.05) is 23.6 Å². The van der Waals surface area contributed by atoms with Crippen molar-refractivity contribution in [3.8, 4) is 5.69 Å². The van der Waals surface area contributed by atoms with Gasteiger partial charge in [-0.15, -0.1) is 0 Å². The summed E-state index contributed by atoms with van der Waals surface area (Å²) < 4.78 is 7.14. The highest BCUT2D eigenvalue weighted by Crippen LogP contribution is 2.11. The third-order valence-electron chi connectivity index (χ3n) is 3.00. The van der Waals surface area contributed by atoms with Gasteiger partial charge >= 0.3 is 0 Å². The second kappa shape index (κ2) is 5.45. The Hall–Kier alpha value is -2.81. The lowest BCUT2D eigenvalue weighted by molar-refractivity contribution is 0.104. The van der Waals surface area contributed by atoms with Crippen LogP contribution in [-0.2, 0) is 0 Å². The fraction of sp³-hybridized carbons (Fsp3) is 0. The highest BCUT2D eigenvalue weighted by Gasteiger charge is 2.02. The van der Waals surface area contributed by atoms with E-state index in [1.54, 1.807) is 24.5 Å². The molecule has 0 saturated heterocycles. The van der Waals surface area contributed by atoms with Gasteiger partial charge in [-0.3, -0.25) is 4.79 Å². The third kappa shape index (κ3) is 2.62. The molecule has 0 spiro atoms. The smallest absolute Gasteiger partial charge is 0.185 e. The van der Waals surface area contributed by atoms with Crippen LogP contribution >= 0.6 is 0 Å². The monoisotopic (exact) mass is 263 g/mol. The maximum Gasteiger partial charge on any atom is 0.185 e. The molecule has 20 heavy (non-hydrogen) atoms. The molecule has 2 heterocycles. The van der Waals surface area contributed by atoms with Crippen LogP contribution in [0.15, 0.2) is 77.7 Å². The zero-order valence-corrected chi connectivity index (χ0v) is 10.8. The van der Waals surface area contributed by atoms with Crippen molar-refractivity contribution in [3.05, 3.63) is 84.6 Å². The second-order valence-corrected chi connectivity index (χ2v) is 4.35. The molecule has 0 bridgehead atoms. The SMILES string of the molecule is O=C(/C=C/c1ccco1)c1ccc(-n2cccc2)cc1. The number of aromatic nitrogens is 1. The predicted octanol–water partition coefficient (Wildman–Crippen LogP) is 3.97. The van der Waals surface area contributed by atoms with Crippen LogP contribution in [0.25, 0.3) is 11.8 Å². The Morgan fingerprint density at radius 2 is 1.75 bits per heavy atom. The first kappa shape index (κ1) is 12.2. The van der Waals surface area contributed by atoms with E-state index in [2.05, 4.69) is 0 Å². The molecule has 0 N–H and O–H groups in total. The van der Waals surface area contributed by atoms with Crippen molar-refractivity contribution in [1.29, 1.82) is 0 Å². The largest absolute Gasteiger partial charge is 0.465 e. The summed E-state index contributed by atoms with van der Waals surface area (Å²) in [5.41, 5.74) is 1.69. The number of hydrogen-bond acceptors (Lipinski definition) is 2. The van der Waals surface area contributed by atoms with Crippen molar-refractivity contribution in [2.75, 3.05) is 0 Å². The van der Waals surface area contributed by atoms with E-state index in [4.69, 9.17) is 4.42 Å². The van der Waals surface area contributed by atoms with Crippen LogP contribution < -0.4 is 0 Å². The fourth-order valence-corrected chi connectivity index (χ4v) is 1.94. The molecular weight excluding hydrogens is 250 g/mol. The predicted molar refractivity (Wildman–Crippen MR) is 77.8 cm³/mol. The zero-order chi connectivity index (χ0) is 13.8. The van der Waals surface area contributed by atoms with Gasteiger partial charge in [0.2, 0.25) is 0 Å². The molecular formula is C17H13NO2. The molecule has 98 valence electrons. The molecule has 3 aromatic rings. The number of furan rings is 1. The first-order valence-electron chi connectivity index (χ1n) is 6.32. The van der Waals surface area contributed by atoms with Gasteiger partial charge in [-0.05, 0) is 60.7 Å². The lowest BCUT2D eigenvalue weighted by atomic mass is 10.1. The Kier molecular flexibility index (Phi) is 3.33. The Morgan fingerprint density at radius 3 is 2.40 bits per heavy atom. The van der Waals surface area contributed by atoms with E-state index in [9.17, 15) is 4.79 Å². The van der Waals surface area contributed by atoms with Crippen LogP contribution in [0.4, 0.5) is 0 Å². The van der Waals surface area contributed by atoms with Crippen molar-refractivity contribution in [1.82, 2.24) is 4.57 Å². The molecule has 3 nitrogen and oxygen atoms in total. The molecule has 0 saturated carbocycles. The Morgan fingerprint density at radius 1 is 1.00 bits per heavy atom. The first-order chi connectivity index (χ1) is 9.83. The van der Waals surface area contributed by atoms with Gasteiger partial charge < -0.3 is 8.98 Å². The minimum atomic E-state index is -0.0412. The Bertz CT molecular complexity index is 705.